The number of carbonyl (C=O) groups excluding carboxylic acids is 3. The summed E-state index contributed by atoms with van der Waals surface area (Å²) in [5.74, 6) is 0.0112. The van der Waals surface area contributed by atoms with Gasteiger partial charge >= 0.3 is 11.8 Å². The predicted octanol–water partition coefficient (Wildman–Crippen LogP) is 7.73. The number of imide groups is 1. The summed E-state index contributed by atoms with van der Waals surface area (Å²) in [5, 5.41) is 1.28. The van der Waals surface area contributed by atoms with Crippen molar-refractivity contribution >= 4 is 56.9 Å². The van der Waals surface area contributed by atoms with Crippen molar-refractivity contribution < 1.29 is 36.8 Å². The predicted molar refractivity (Wildman–Crippen MR) is 237 cm³/mol. The zero-order valence-corrected chi connectivity index (χ0v) is 37.7. The summed E-state index contributed by atoms with van der Waals surface area (Å²) in [6, 6.07) is 4.28. The van der Waals surface area contributed by atoms with Crippen LogP contribution in [0.3, 0.4) is 0 Å². The van der Waals surface area contributed by atoms with Crippen molar-refractivity contribution in [2.75, 3.05) is 31.9 Å². The number of hydroxylamine groups is 2. The molecule has 0 atom stereocenters. The number of hydrogen-bond donors (Lipinski definition) is 1. The van der Waals surface area contributed by atoms with Crippen molar-refractivity contribution in [1.82, 2.24) is 14.9 Å². The van der Waals surface area contributed by atoms with Gasteiger partial charge in [-0.1, -0.05) is 63.4 Å². The molecule has 0 unspecified atom stereocenters. The van der Waals surface area contributed by atoms with Crippen LogP contribution in [0, 0.1) is 5.41 Å². The third kappa shape index (κ3) is 11.1. The van der Waals surface area contributed by atoms with E-state index in [9.17, 15) is 27.4 Å². The van der Waals surface area contributed by atoms with Crippen molar-refractivity contribution in [3.63, 3.8) is 0 Å². The van der Waals surface area contributed by atoms with E-state index in [1.165, 1.54) is 12.0 Å². The number of aromatic nitrogens is 1. The fourth-order valence-corrected chi connectivity index (χ4v) is 9.10. The van der Waals surface area contributed by atoms with Crippen molar-refractivity contribution in [2.45, 2.75) is 117 Å². The molecule has 1 N–H and O–H groups in total. The number of unbranched alkanes of at least 4 members (excludes halogenated alkanes) is 5. The van der Waals surface area contributed by atoms with E-state index in [0.717, 1.165) is 78.6 Å². The van der Waals surface area contributed by atoms with Crippen molar-refractivity contribution in [2.24, 2.45) is 15.4 Å². The highest BCUT2D eigenvalue weighted by atomic mass is 35.5. The minimum Gasteiger partial charge on any atom is -0.333 e. The number of aliphatic imine (C=N–C) groups is 2. The maximum Gasteiger partial charge on any atom is 0.333 e. The standard InChI is InChI=1S/C46H59ClN6O7S/c1-6-7-10-26-51-28-14-16-35-43(51)48-37(45(35,2)3)21-19-33-31-50(25-11-8-9-18-41(56)60-53-39(54)23-24-40(53)55)32-34(42(33)47)20-22-38-46(4,5)36-17-15-29-52(44(36)49-38)27-12-13-30-61(57,58)59/h14-17,19-22,28-29H,6-13,18,23-27,30-32H2,1-5H3/p+1. The number of amides is 2. The molecular formula is C46H60ClN6O7S+. The first-order valence-electron chi connectivity index (χ1n) is 21.6. The first kappa shape index (κ1) is 46.0. The molecule has 0 saturated carbocycles. The van der Waals surface area contributed by atoms with Gasteiger partial charge in [0, 0.05) is 61.1 Å². The van der Waals surface area contributed by atoms with Gasteiger partial charge in [-0.05, 0) is 105 Å². The minimum absolute atomic E-state index is 0.0635. The van der Waals surface area contributed by atoms with E-state index in [4.69, 9.17) is 26.4 Å². The number of allylic oxidation sites excluding steroid dienone is 6. The fraction of sp³-hybridized carbons (Fsp3) is 0.522. The number of rotatable bonds is 19. The van der Waals surface area contributed by atoms with E-state index in [-0.39, 0.29) is 30.4 Å². The maximum absolute atomic E-state index is 12.4. The SMILES string of the molecule is CCCCC[n+]1cccc2c1N=C(C=CC1=C(Cl)C(=CC=C3N=C4C(=CC=CN4CCCCS(=O)(=O)O)C3(C)C)CN(CCCCCC(=O)ON3C(=O)CCC3=O)C1)C2(C)C. The number of nitrogens with zero attached hydrogens (tertiary/aromatic N) is 6. The maximum atomic E-state index is 12.4. The first-order chi connectivity index (χ1) is 29.0. The monoisotopic (exact) mass is 875 g/mol. The van der Waals surface area contributed by atoms with E-state index in [1.807, 2.05) is 23.3 Å². The van der Waals surface area contributed by atoms with Crippen molar-refractivity contribution in [3.8, 4) is 0 Å². The van der Waals surface area contributed by atoms with E-state index in [1.54, 1.807) is 0 Å². The topological polar surface area (TPSA) is 153 Å². The summed E-state index contributed by atoms with van der Waals surface area (Å²) in [6.45, 7) is 14.4. The molecule has 5 aliphatic heterocycles. The summed E-state index contributed by atoms with van der Waals surface area (Å²) in [6.07, 6.45) is 23.2. The van der Waals surface area contributed by atoms with Crippen LogP contribution in [-0.2, 0) is 41.3 Å². The van der Waals surface area contributed by atoms with Gasteiger partial charge in [0.25, 0.3) is 21.9 Å². The Kier molecular flexibility index (Phi) is 14.9. The molecular weight excluding hydrogens is 816 g/mol. The molecule has 1 aromatic heterocycles. The molecule has 1 saturated heterocycles. The average Bonchev–Trinajstić information content (AvgIpc) is 3.77. The smallest absolute Gasteiger partial charge is 0.333 e. The van der Waals surface area contributed by atoms with E-state index in [2.05, 4.69) is 86.7 Å². The first-order valence-corrected chi connectivity index (χ1v) is 23.6. The minimum atomic E-state index is -4.01. The summed E-state index contributed by atoms with van der Waals surface area (Å²) in [4.78, 5) is 55.8. The molecule has 328 valence electrons. The van der Waals surface area contributed by atoms with Crippen LogP contribution in [0.2, 0.25) is 0 Å². The lowest BCUT2D eigenvalue weighted by atomic mass is 9.81. The van der Waals surface area contributed by atoms with Crippen LogP contribution in [0.1, 0.15) is 111 Å². The van der Waals surface area contributed by atoms with E-state index < -0.39 is 33.3 Å². The number of hydrogen-bond acceptors (Lipinski definition) is 10. The Morgan fingerprint density at radius 2 is 1.70 bits per heavy atom. The Labute approximate surface area is 365 Å². The largest absolute Gasteiger partial charge is 0.333 e. The summed E-state index contributed by atoms with van der Waals surface area (Å²) < 4.78 is 34.0. The number of pyridine rings is 1. The van der Waals surface area contributed by atoms with Gasteiger partial charge in [-0.3, -0.25) is 19.0 Å². The highest BCUT2D eigenvalue weighted by molar-refractivity contribution is 7.85. The van der Waals surface area contributed by atoms with E-state index in [0.29, 0.717) is 49.0 Å². The van der Waals surface area contributed by atoms with E-state index >= 15 is 0 Å². The normalized spacial score (nSPS) is 21.2. The van der Waals surface area contributed by atoms with Crippen LogP contribution in [-0.4, -0.2) is 89.1 Å². The molecule has 0 radical (unpaired) electrons. The molecule has 1 aromatic rings. The summed E-state index contributed by atoms with van der Waals surface area (Å²) in [5.41, 5.74) is 5.35. The lowest BCUT2D eigenvalue weighted by Gasteiger charge is -2.30. The van der Waals surface area contributed by atoms with Crippen molar-refractivity contribution in [1.29, 1.82) is 0 Å². The number of amidine groups is 1. The number of carbonyl (C=O) groups is 3. The number of aryl methyl sites for hydroxylation is 1. The lowest BCUT2D eigenvalue weighted by Crippen LogP contribution is -2.34. The molecule has 15 heteroatoms. The van der Waals surface area contributed by atoms with Gasteiger partial charge in [-0.25, -0.2) is 14.4 Å². The van der Waals surface area contributed by atoms with Gasteiger partial charge in [0.15, 0.2) is 5.71 Å². The second kappa shape index (κ2) is 19.7. The van der Waals surface area contributed by atoms with Crippen LogP contribution in [0.15, 0.2) is 98.4 Å². The molecule has 0 aromatic carbocycles. The number of fused-ring (bicyclic) bond motifs is 2. The highest BCUT2D eigenvalue weighted by Crippen LogP contribution is 2.44. The lowest BCUT2D eigenvalue weighted by molar-refractivity contribution is -0.684. The van der Waals surface area contributed by atoms with Crippen LogP contribution in [0.4, 0.5) is 5.82 Å². The molecule has 1 fully saturated rings. The second-order valence-electron chi connectivity index (χ2n) is 17.4. The molecule has 6 rings (SSSR count). The molecule has 13 nitrogen and oxygen atoms in total. The second-order valence-corrected chi connectivity index (χ2v) is 19.4. The summed E-state index contributed by atoms with van der Waals surface area (Å²) >= 11 is 7.30. The summed E-state index contributed by atoms with van der Waals surface area (Å²) in [7, 11) is -4.01. The Morgan fingerprint density at radius 3 is 2.44 bits per heavy atom. The van der Waals surface area contributed by atoms with Crippen LogP contribution >= 0.6 is 11.6 Å². The van der Waals surface area contributed by atoms with Crippen LogP contribution in [0.5, 0.6) is 0 Å². The van der Waals surface area contributed by atoms with Crippen LogP contribution < -0.4 is 4.57 Å². The van der Waals surface area contributed by atoms with Gasteiger partial charge < -0.3 is 9.74 Å². The molecule has 0 spiro atoms. The Bertz CT molecular complexity index is 2250. The molecule has 6 heterocycles. The zero-order chi connectivity index (χ0) is 44.0. The highest BCUT2D eigenvalue weighted by Gasteiger charge is 2.42. The van der Waals surface area contributed by atoms with Gasteiger partial charge in [-0.2, -0.15) is 8.42 Å². The Balaban J connectivity index is 1.21. The van der Waals surface area contributed by atoms with Gasteiger partial charge in [-0.15, -0.1) is 5.06 Å². The zero-order valence-electron chi connectivity index (χ0n) is 36.2. The van der Waals surface area contributed by atoms with Crippen LogP contribution in [0.25, 0.3) is 0 Å². The molecule has 0 aliphatic carbocycles. The van der Waals surface area contributed by atoms with Crippen molar-refractivity contribution in [3.05, 3.63) is 94.0 Å². The molecule has 0 bridgehead atoms. The molecule has 61 heavy (non-hydrogen) atoms. The molecule has 2 amide bonds. The van der Waals surface area contributed by atoms with Gasteiger partial charge in [0.2, 0.25) is 0 Å². The number of halogens is 1. The fourth-order valence-electron chi connectivity index (χ4n) is 8.28. The Hall–Kier alpha value is -4.50. The van der Waals surface area contributed by atoms with Gasteiger partial charge in [0.1, 0.15) is 5.84 Å². The average molecular weight is 877 g/mol. The quantitative estimate of drug-likeness (QED) is 0.0637. The van der Waals surface area contributed by atoms with Gasteiger partial charge in [0.05, 0.1) is 35.2 Å². The third-order valence-corrected chi connectivity index (χ3v) is 13.3. The molecule has 5 aliphatic rings. The Morgan fingerprint density at radius 1 is 0.951 bits per heavy atom. The third-order valence-electron chi connectivity index (χ3n) is 12.0.